The van der Waals surface area contributed by atoms with Gasteiger partial charge in [0.05, 0.1) is 0 Å². The Morgan fingerprint density at radius 2 is 2.04 bits per heavy atom. The summed E-state index contributed by atoms with van der Waals surface area (Å²) in [5.41, 5.74) is 1.88. The summed E-state index contributed by atoms with van der Waals surface area (Å²) in [6, 6.07) is 5.65. The van der Waals surface area contributed by atoms with Gasteiger partial charge in [-0.1, -0.05) is 13.8 Å². The van der Waals surface area contributed by atoms with Crippen LogP contribution in [0.3, 0.4) is 0 Å². The van der Waals surface area contributed by atoms with Crippen LogP contribution in [0.1, 0.15) is 45.6 Å². The van der Waals surface area contributed by atoms with Crippen molar-refractivity contribution in [2.24, 2.45) is 5.92 Å². The van der Waals surface area contributed by atoms with Crippen molar-refractivity contribution in [3.05, 3.63) is 23.8 Å². The maximum atomic E-state index is 11.9. The van der Waals surface area contributed by atoms with Crippen LogP contribution in [0.2, 0.25) is 0 Å². The van der Waals surface area contributed by atoms with Gasteiger partial charge in [0.15, 0.2) is 6.61 Å². The third kappa shape index (κ3) is 5.58. The Bertz CT molecular complexity index is 569. The fourth-order valence-corrected chi connectivity index (χ4v) is 2.57. The molecule has 2 rings (SSSR count). The van der Waals surface area contributed by atoms with Gasteiger partial charge < -0.3 is 15.4 Å². The Hall–Kier alpha value is -2.04. The molecule has 0 spiro atoms. The second-order valence-electron chi connectivity index (χ2n) is 6.60. The Morgan fingerprint density at radius 3 is 2.78 bits per heavy atom. The number of hydrogen-bond acceptors (Lipinski definition) is 3. The van der Waals surface area contributed by atoms with E-state index in [2.05, 4.69) is 24.5 Å². The number of hydrogen-bond donors (Lipinski definition) is 2. The lowest BCUT2D eigenvalue weighted by atomic mass is 10.0. The number of ether oxygens (including phenoxy) is 1. The van der Waals surface area contributed by atoms with Gasteiger partial charge in [0.1, 0.15) is 5.75 Å². The van der Waals surface area contributed by atoms with Crippen molar-refractivity contribution < 1.29 is 14.3 Å². The highest BCUT2D eigenvalue weighted by atomic mass is 16.5. The molecule has 23 heavy (non-hydrogen) atoms. The molecule has 0 aliphatic carbocycles. The van der Waals surface area contributed by atoms with Crippen LogP contribution in [0.4, 0.5) is 5.69 Å². The van der Waals surface area contributed by atoms with Gasteiger partial charge in [0.2, 0.25) is 5.91 Å². The summed E-state index contributed by atoms with van der Waals surface area (Å²) < 4.78 is 5.56. The smallest absolute Gasteiger partial charge is 0.258 e. The van der Waals surface area contributed by atoms with E-state index >= 15 is 0 Å². The fraction of sp³-hybridized carbons (Fsp3) is 0.556. The standard InChI is InChI=1S/C18H26N2O3/c1-12(2)4-5-13(3)19-18(22)11-23-15-7-8-16-14(10-15)6-9-17(21)20-16/h7-8,10,12-13H,4-6,9,11H2,1-3H3,(H,19,22)(H,20,21)/t13-/m1/s1. The maximum Gasteiger partial charge on any atom is 0.258 e. The number of benzene rings is 1. The SMILES string of the molecule is CC(C)CC[C@@H](C)NC(=O)COc1ccc2c(c1)CCC(=O)N2. The number of anilines is 1. The van der Waals surface area contributed by atoms with Crippen molar-refractivity contribution in [3.63, 3.8) is 0 Å². The Kier molecular flexibility index (Phi) is 6.02. The zero-order chi connectivity index (χ0) is 16.8. The van der Waals surface area contributed by atoms with Crippen LogP contribution in [0.25, 0.3) is 0 Å². The van der Waals surface area contributed by atoms with Crippen molar-refractivity contribution in [1.82, 2.24) is 5.32 Å². The monoisotopic (exact) mass is 318 g/mol. The van der Waals surface area contributed by atoms with E-state index in [1.54, 1.807) is 6.07 Å². The molecule has 5 nitrogen and oxygen atoms in total. The first-order chi connectivity index (χ1) is 10.9. The van der Waals surface area contributed by atoms with E-state index in [-0.39, 0.29) is 24.5 Å². The van der Waals surface area contributed by atoms with Gasteiger partial charge >= 0.3 is 0 Å². The highest BCUT2D eigenvalue weighted by molar-refractivity contribution is 5.94. The van der Waals surface area contributed by atoms with Crippen molar-refractivity contribution >= 4 is 17.5 Å². The average Bonchev–Trinajstić information content (AvgIpc) is 2.51. The number of carbonyl (C=O) groups excluding carboxylic acids is 2. The van der Waals surface area contributed by atoms with Gasteiger partial charge in [0.25, 0.3) is 5.91 Å². The predicted molar refractivity (Wildman–Crippen MR) is 90.6 cm³/mol. The minimum atomic E-state index is -0.104. The highest BCUT2D eigenvalue weighted by Crippen LogP contribution is 2.26. The van der Waals surface area contributed by atoms with Gasteiger partial charge in [-0.05, 0) is 55.9 Å². The predicted octanol–water partition coefficient (Wildman–Crippen LogP) is 2.89. The first kappa shape index (κ1) is 17.3. The fourth-order valence-electron chi connectivity index (χ4n) is 2.57. The molecule has 1 aliphatic rings. The topological polar surface area (TPSA) is 67.4 Å². The zero-order valence-corrected chi connectivity index (χ0v) is 14.1. The van der Waals surface area contributed by atoms with Crippen molar-refractivity contribution in [2.45, 2.75) is 52.5 Å². The minimum Gasteiger partial charge on any atom is -0.484 e. The maximum absolute atomic E-state index is 11.9. The number of rotatable bonds is 7. The second kappa shape index (κ2) is 7.99. The summed E-state index contributed by atoms with van der Waals surface area (Å²) in [5, 5.41) is 5.78. The van der Waals surface area contributed by atoms with Crippen LogP contribution in [0.15, 0.2) is 18.2 Å². The number of amides is 2. The Balaban J connectivity index is 1.79. The van der Waals surface area contributed by atoms with E-state index in [1.165, 1.54) is 0 Å². The third-order valence-electron chi connectivity index (χ3n) is 3.93. The quantitative estimate of drug-likeness (QED) is 0.812. The molecule has 0 fully saturated rings. The molecule has 1 aromatic rings. The lowest BCUT2D eigenvalue weighted by molar-refractivity contribution is -0.123. The van der Waals surface area contributed by atoms with Crippen molar-refractivity contribution in [3.8, 4) is 5.75 Å². The Labute approximate surface area is 137 Å². The minimum absolute atomic E-state index is 0.0111. The molecule has 2 amide bonds. The number of aryl methyl sites for hydroxylation is 1. The molecular weight excluding hydrogens is 292 g/mol. The molecule has 5 heteroatoms. The van der Waals surface area contributed by atoms with Crippen LogP contribution in [-0.2, 0) is 16.0 Å². The van der Waals surface area contributed by atoms with E-state index in [4.69, 9.17) is 4.74 Å². The molecule has 1 atom stereocenters. The summed E-state index contributed by atoms with van der Waals surface area (Å²) in [7, 11) is 0. The Morgan fingerprint density at radius 1 is 1.26 bits per heavy atom. The average molecular weight is 318 g/mol. The lowest BCUT2D eigenvalue weighted by Gasteiger charge is -2.18. The van der Waals surface area contributed by atoms with Crippen LogP contribution < -0.4 is 15.4 Å². The lowest BCUT2D eigenvalue weighted by Crippen LogP contribution is -2.36. The van der Waals surface area contributed by atoms with Crippen LogP contribution >= 0.6 is 0 Å². The van der Waals surface area contributed by atoms with E-state index in [1.807, 2.05) is 19.1 Å². The first-order valence-corrected chi connectivity index (χ1v) is 8.29. The van der Waals surface area contributed by atoms with Crippen molar-refractivity contribution in [1.29, 1.82) is 0 Å². The van der Waals surface area contributed by atoms with Gasteiger partial charge in [-0.15, -0.1) is 0 Å². The summed E-state index contributed by atoms with van der Waals surface area (Å²) in [5.74, 6) is 1.24. The zero-order valence-electron chi connectivity index (χ0n) is 14.1. The molecular formula is C18H26N2O3. The molecule has 126 valence electrons. The molecule has 0 saturated carbocycles. The van der Waals surface area contributed by atoms with Gasteiger partial charge in [-0.3, -0.25) is 9.59 Å². The first-order valence-electron chi connectivity index (χ1n) is 8.29. The highest BCUT2D eigenvalue weighted by Gasteiger charge is 2.15. The molecule has 1 aliphatic heterocycles. The van der Waals surface area contributed by atoms with Crippen molar-refractivity contribution in [2.75, 3.05) is 11.9 Å². The van der Waals surface area contributed by atoms with E-state index in [0.29, 0.717) is 24.5 Å². The summed E-state index contributed by atoms with van der Waals surface area (Å²) >= 11 is 0. The molecule has 0 radical (unpaired) electrons. The number of carbonyl (C=O) groups is 2. The summed E-state index contributed by atoms with van der Waals surface area (Å²) in [4.78, 5) is 23.2. The molecule has 1 heterocycles. The molecule has 0 unspecified atom stereocenters. The number of nitrogens with one attached hydrogen (secondary N) is 2. The molecule has 0 saturated heterocycles. The molecule has 0 aromatic heterocycles. The third-order valence-corrected chi connectivity index (χ3v) is 3.93. The van der Waals surface area contributed by atoms with Crippen LogP contribution in [0.5, 0.6) is 5.75 Å². The summed E-state index contributed by atoms with van der Waals surface area (Å²) in [6.07, 6.45) is 3.27. The van der Waals surface area contributed by atoms with Gasteiger partial charge in [-0.25, -0.2) is 0 Å². The van der Waals surface area contributed by atoms with Crippen LogP contribution in [-0.4, -0.2) is 24.5 Å². The van der Waals surface area contributed by atoms with E-state index in [9.17, 15) is 9.59 Å². The molecule has 0 bridgehead atoms. The largest absolute Gasteiger partial charge is 0.484 e. The normalized spacial score (nSPS) is 14.9. The van der Waals surface area contributed by atoms with E-state index < -0.39 is 0 Å². The molecule has 1 aromatic carbocycles. The van der Waals surface area contributed by atoms with E-state index in [0.717, 1.165) is 24.1 Å². The van der Waals surface area contributed by atoms with Gasteiger partial charge in [0, 0.05) is 18.2 Å². The second-order valence-corrected chi connectivity index (χ2v) is 6.60. The van der Waals surface area contributed by atoms with Gasteiger partial charge in [-0.2, -0.15) is 0 Å². The summed E-state index contributed by atoms with van der Waals surface area (Å²) in [6.45, 7) is 6.38. The molecule has 2 N–H and O–H groups in total. The van der Waals surface area contributed by atoms with Crippen LogP contribution in [0, 0.1) is 5.92 Å². The number of fused-ring (bicyclic) bond motifs is 1.